The lowest BCUT2D eigenvalue weighted by molar-refractivity contribution is -0.132. The summed E-state index contributed by atoms with van der Waals surface area (Å²) in [5.41, 5.74) is 5.07. The highest BCUT2D eigenvalue weighted by molar-refractivity contribution is 5.85. The molecule has 0 saturated heterocycles. The molecular formula is C27H38O4. The fourth-order valence-corrected chi connectivity index (χ4v) is 4.01. The van der Waals surface area contributed by atoms with Gasteiger partial charge in [-0.1, -0.05) is 29.4 Å². The predicted octanol–water partition coefficient (Wildman–Crippen LogP) is 7.05. The van der Waals surface area contributed by atoms with Crippen LogP contribution in [0.2, 0.25) is 0 Å². The van der Waals surface area contributed by atoms with Gasteiger partial charge in [-0.3, -0.25) is 0 Å². The van der Waals surface area contributed by atoms with Gasteiger partial charge in [-0.05, 0) is 109 Å². The number of fused-ring (bicyclic) bond motifs is 1. The standard InChI is InChI=1S/C27H38O4/c1-19(11-7-13-21(3)26(29)30)9-6-10-20(2)12-8-15-27(5)16-14-23-18-24(28)17-22(4)25(23)31-27/h9,12-13,17-18,28H,6-8,10-11,14-16H2,1-5H3,(H,29,30). The maximum absolute atomic E-state index is 10.8. The minimum absolute atomic E-state index is 0.163. The Labute approximate surface area is 187 Å². The van der Waals surface area contributed by atoms with Gasteiger partial charge in [0.2, 0.25) is 0 Å². The van der Waals surface area contributed by atoms with Crippen LogP contribution in [0.3, 0.4) is 0 Å². The molecule has 1 aromatic carbocycles. The van der Waals surface area contributed by atoms with Crippen LogP contribution in [0.5, 0.6) is 11.5 Å². The van der Waals surface area contributed by atoms with Gasteiger partial charge < -0.3 is 14.9 Å². The molecule has 1 unspecified atom stereocenters. The molecule has 0 bridgehead atoms. The second-order valence-electron chi connectivity index (χ2n) is 9.21. The van der Waals surface area contributed by atoms with Crippen LogP contribution in [0.25, 0.3) is 0 Å². The monoisotopic (exact) mass is 426 g/mol. The van der Waals surface area contributed by atoms with Gasteiger partial charge in [0.25, 0.3) is 0 Å². The van der Waals surface area contributed by atoms with E-state index in [-0.39, 0.29) is 5.60 Å². The Hall–Kier alpha value is -2.49. The maximum Gasteiger partial charge on any atom is 0.330 e. The van der Waals surface area contributed by atoms with Crippen molar-refractivity contribution in [3.8, 4) is 11.5 Å². The van der Waals surface area contributed by atoms with Crippen LogP contribution in [0.15, 0.2) is 47.1 Å². The number of benzene rings is 1. The molecule has 0 aliphatic carbocycles. The normalized spacial score (nSPS) is 19.7. The number of hydrogen-bond acceptors (Lipinski definition) is 3. The number of aliphatic carboxylic acids is 1. The van der Waals surface area contributed by atoms with E-state index in [9.17, 15) is 9.90 Å². The van der Waals surface area contributed by atoms with E-state index < -0.39 is 5.97 Å². The molecule has 0 radical (unpaired) electrons. The molecule has 31 heavy (non-hydrogen) atoms. The van der Waals surface area contributed by atoms with E-state index in [0.717, 1.165) is 68.2 Å². The number of rotatable bonds is 10. The van der Waals surface area contributed by atoms with Crippen LogP contribution < -0.4 is 4.74 Å². The van der Waals surface area contributed by atoms with Gasteiger partial charge in [-0.15, -0.1) is 0 Å². The highest BCUT2D eigenvalue weighted by Gasteiger charge is 2.31. The van der Waals surface area contributed by atoms with Gasteiger partial charge in [0.1, 0.15) is 17.1 Å². The van der Waals surface area contributed by atoms with Crippen molar-refractivity contribution in [1.29, 1.82) is 0 Å². The SMILES string of the molecule is CC(=CCCC(C)=CCCC1(C)CCc2cc(O)cc(C)c2O1)CCC=C(C)C(=O)O. The van der Waals surface area contributed by atoms with Crippen molar-refractivity contribution in [1.82, 2.24) is 0 Å². The zero-order chi connectivity index (χ0) is 23.0. The van der Waals surface area contributed by atoms with E-state index in [4.69, 9.17) is 9.84 Å². The number of ether oxygens (including phenoxy) is 1. The van der Waals surface area contributed by atoms with Crippen molar-refractivity contribution in [3.05, 3.63) is 58.2 Å². The van der Waals surface area contributed by atoms with Gasteiger partial charge in [0.15, 0.2) is 0 Å². The van der Waals surface area contributed by atoms with E-state index in [2.05, 4.69) is 32.9 Å². The van der Waals surface area contributed by atoms with E-state index in [0.29, 0.717) is 11.3 Å². The first-order valence-corrected chi connectivity index (χ1v) is 11.3. The molecule has 1 aliphatic rings. The Morgan fingerprint density at radius 3 is 2.32 bits per heavy atom. The average molecular weight is 427 g/mol. The number of phenolic OH excluding ortho intramolecular Hbond substituents is 1. The Morgan fingerprint density at radius 2 is 1.68 bits per heavy atom. The third-order valence-electron chi connectivity index (χ3n) is 6.13. The van der Waals surface area contributed by atoms with Gasteiger partial charge in [0.05, 0.1) is 0 Å². The highest BCUT2D eigenvalue weighted by Crippen LogP contribution is 2.39. The topological polar surface area (TPSA) is 66.8 Å². The van der Waals surface area contributed by atoms with Gasteiger partial charge in [-0.2, -0.15) is 0 Å². The molecule has 170 valence electrons. The van der Waals surface area contributed by atoms with Gasteiger partial charge >= 0.3 is 5.97 Å². The molecule has 4 heteroatoms. The second kappa shape index (κ2) is 11.2. The number of carboxylic acid groups (broad SMARTS) is 1. The summed E-state index contributed by atoms with van der Waals surface area (Å²) in [6.45, 7) is 10.1. The fourth-order valence-electron chi connectivity index (χ4n) is 4.01. The van der Waals surface area contributed by atoms with Crippen molar-refractivity contribution >= 4 is 5.97 Å². The zero-order valence-electron chi connectivity index (χ0n) is 19.8. The average Bonchev–Trinajstić information content (AvgIpc) is 2.68. The van der Waals surface area contributed by atoms with Crippen molar-refractivity contribution in [2.24, 2.45) is 0 Å². The number of phenols is 1. The van der Waals surface area contributed by atoms with Crippen LogP contribution >= 0.6 is 0 Å². The second-order valence-corrected chi connectivity index (χ2v) is 9.21. The number of aromatic hydroxyl groups is 1. The lowest BCUT2D eigenvalue weighted by atomic mass is 9.87. The van der Waals surface area contributed by atoms with Crippen molar-refractivity contribution in [2.45, 2.75) is 91.6 Å². The summed E-state index contributed by atoms with van der Waals surface area (Å²) in [7, 11) is 0. The van der Waals surface area contributed by atoms with Crippen LogP contribution in [-0.2, 0) is 11.2 Å². The van der Waals surface area contributed by atoms with Crippen LogP contribution in [0.1, 0.15) is 83.8 Å². The highest BCUT2D eigenvalue weighted by atomic mass is 16.5. The third kappa shape index (κ3) is 7.93. The summed E-state index contributed by atoms with van der Waals surface area (Å²) in [5, 5.41) is 18.7. The Balaban J connectivity index is 1.77. The summed E-state index contributed by atoms with van der Waals surface area (Å²) in [6, 6.07) is 3.60. The largest absolute Gasteiger partial charge is 0.508 e. The first kappa shape index (κ1) is 24.8. The Morgan fingerprint density at radius 1 is 1.06 bits per heavy atom. The summed E-state index contributed by atoms with van der Waals surface area (Å²) >= 11 is 0. The van der Waals surface area contributed by atoms with Gasteiger partial charge in [-0.25, -0.2) is 4.79 Å². The molecule has 4 nitrogen and oxygen atoms in total. The predicted molar refractivity (Wildman–Crippen MR) is 127 cm³/mol. The molecule has 0 spiro atoms. The molecule has 2 N–H and O–H groups in total. The summed E-state index contributed by atoms with van der Waals surface area (Å²) in [4.78, 5) is 10.8. The Kier molecular flexibility index (Phi) is 8.97. The molecule has 2 rings (SSSR count). The van der Waals surface area contributed by atoms with E-state index >= 15 is 0 Å². The first-order valence-electron chi connectivity index (χ1n) is 11.3. The summed E-state index contributed by atoms with van der Waals surface area (Å²) < 4.78 is 6.38. The smallest absolute Gasteiger partial charge is 0.330 e. The quantitative estimate of drug-likeness (QED) is 0.311. The van der Waals surface area contributed by atoms with Crippen LogP contribution in [0, 0.1) is 6.92 Å². The summed E-state index contributed by atoms with van der Waals surface area (Å²) in [6.07, 6.45) is 14.0. The molecule has 0 aromatic heterocycles. The number of carbonyl (C=O) groups is 1. The third-order valence-corrected chi connectivity index (χ3v) is 6.13. The van der Waals surface area contributed by atoms with E-state index in [1.165, 1.54) is 11.1 Å². The number of carboxylic acids is 1. The maximum atomic E-state index is 10.8. The number of hydrogen-bond donors (Lipinski definition) is 2. The fraction of sp³-hybridized carbons (Fsp3) is 0.519. The molecular weight excluding hydrogens is 388 g/mol. The van der Waals surface area contributed by atoms with Crippen molar-refractivity contribution < 1.29 is 19.7 Å². The minimum atomic E-state index is -0.839. The minimum Gasteiger partial charge on any atom is -0.508 e. The molecule has 1 heterocycles. The lowest BCUT2D eigenvalue weighted by Gasteiger charge is -2.36. The van der Waals surface area contributed by atoms with Crippen LogP contribution in [0.4, 0.5) is 0 Å². The van der Waals surface area contributed by atoms with E-state index in [1.807, 2.05) is 13.0 Å². The zero-order valence-corrected chi connectivity index (χ0v) is 19.8. The lowest BCUT2D eigenvalue weighted by Crippen LogP contribution is -2.36. The van der Waals surface area contributed by atoms with Crippen LogP contribution in [-0.4, -0.2) is 21.8 Å². The number of allylic oxidation sites excluding steroid dienone is 5. The molecule has 1 atom stereocenters. The molecule has 1 aromatic rings. The Bertz CT molecular complexity index is 875. The molecule has 0 amide bonds. The van der Waals surface area contributed by atoms with E-state index in [1.54, 1.807) is 19.1 Å². The van der Waals surface area contributed by atoms with Crippen molar-refractivity contribution in [2.75, 3.05) is 0 Å². The first-order chi connectivity index (χ1) is 14.6. The molecule has 1 aliphatic heterocycles. The molecule has 0 fully saturated rings. The number of aryl methyl sites for hydroxylation is 2. The molecule has 0 saturated carbocycles. The van der Waals surface area contributed by atoms with Gasteiger partial charge in [0, 0.05) is 5.57 Å². The van der Waals surface area contributed by atoms with Crippen molar-refractivity contribution in [3.63, 3.8) is 0 Å². The summed E-state index contributed by atoms with van der Waals surface area (Å²) in [5.74, 6) is 0.424.